The van der Waals surface area contributed by atoms with Gasteiger partial charge in [0.05, 0.1) is 22.4 Å². The minimum absolute atomic E-state index is 0.0695. The van der Waals surface area contributed by atoms with Gasteiger partial charge in [0.1, 0.15) is 11.5 Å². The average Bonchev–Trinajstić information content (AvgIpc) is 3.12. The minimum atomic E-state index is -0.0695. The third-order valence-corrected chi connectivity index (χ3v) is 5.72. The first-order chi connectivity index (χ1) is 14.1. The van der Waals surface area contributed by atoms with E-state index in [1.807, 2.05) is 37.4 Å². The highest BCUT2D eigenvalue weighted by atomic mass is 16.1. The van der Waals surface area contributed by atoms with Crippen LogP contribution in [0.15, 0.2) is 47.4 Å². The number of H-pyrrole nitrogens is 1. The molecule has 0 radical (unpaired) electrons. The second kappa shape index (κ2) is 7.00. The lowest BCUT2D eigenvalue weighted by molar-refractivity contribution is 0.271. The number of aromatic amines is 1. The number of likely N-dealkylation sites (N-methyl/N-ethyl adjacent to an activating group) is 1. The smallest absolute Gasteiger partial charge is 0.258 e. The van der Waals surface area contributed by atoms with Crippen LogP contribution in [0.3, 0.4) is 0 Å². The molecule has 5 rings (SSSR count). The highest BCUT2D eigenvalue weighted by molar-refractivity contribution is 5.81. The Kier molecular flexibility index (Phi) is 4.32. The number of hydrogen-bond acceptors (Lipinski definition) is 5. The lowest BCUT2D eigenvalue weighted by atomic mass is 10.1. The van der Waals surface area contributed by atoms with Crippen molar-refractivity contribution in [2.75, 3.05) is 37.6 Å². The Labute approximate surface area is 168 Å². The number of benzene rings is 1. The molecule has 0 bridgehead atoms. The van der Waals surface area contributed by atoms with Crippen LogP contribution in [0.5, 0.6) is 0 Å². The molecule has 148 valence electrons. The Balaban J connectivity index is 1.50. The molecule has 3 aromatic heterocycles. The first kappa shape index (κ1) is 17.9. The van der Waals surface area contributed by atoms with Gasteiger partial charge in [0.25, 0.3) is 5.56 Å². The van der Waals surface area contributed by atoms with Gasteiger partial charge < -0.3 is 14.8 Å². The Hall–Kier alpha value is -3.19. The van der Waals surface area contributed by atoms with Gasteiger partial charge >= 0.3 is 0 Å². The lowest BCUT2D eigenvalue weighted by Gasteiger charge is -2.35. The number of pyridine rings is 1. The van der Waals surface area contributed by atoms with Gasteiger partial charge in [0.15, 0.2) is 0 Å². The number of nitrogens with zero attached hydrogens (tertiary/aromatic N) is 5. The van der Waals surface area contributed by atoms with Crippen LogP contribution >= 0.6 is 0 Å². The maximum atomic E-state index is 12.9. The van der Waals surface area contributed by atoms with Gasteiger partial charge in [0, 0.05) is 44.0 Å². The molecule has 7 heteroatoms. The second-order valence-corrected chi connectivity index (χ2v) is 7.57. The predicted molar refractivity (Wildman–Crippen MR) is 116 cm³/mol. The van der Waals surface area contributed by atoms with Crippen molar-refractivity contribution in [2.45, 2.75) is 13.8 Å². The van der Waals surface area contributed by atoms with Crippen molar-refractivity contribution in [3.63, 3.8) is 0 Å². The number of hydrogen-bond donors (Lipinski definition) is 1. The van der Waals surface area contributed by atoms with E-state index in [4.69, 9.17) is 4.98 Å². The van der Waals surface area contributed by atoms with E-state index in [0.29, 0.717) is 11.3 Å². The number of imidazole rings is 1. The van der Waals surface area contributed by atoms with E-state index in [-0.39, 0.29) is 5.56 Å². The van der Waals surface area contributed by atoms with Crippen LogP contribution < -0.4 is 10.5 Å². The number of aryl methyl sites for hydroxylation is 1. The zero-order valence-electron chi connectivity index (χ0n) is 16.7. The number of rotatable bonds is 3. The first-order valence-corrected chi connectivity index (χ1v) is 10.1. The summed E-state index contributed by atoms with van der Waals surface area (Å²) in [6.07, 6.45) is 1.91. The predicted octanol–water partition coefficient (Wildman–Crippen LogP) is 2.69. The van der Waals surface area contributed by atoms with E-state index >= 15 is 0 Å². The molecule has 0 unspecified atom stereocenters. The molecule has 0 spiro atoms. The van der Waals surface area contributed by atoms with Crippen LogP contribution in [0.2, 0.25) is 0 Å². The molecule has 1 fully saturated rings. The fourth-order valence-corrected chi connectivity index (χ4v) is 4.05. The summed E-state index contributed by atoms with van der Waals surface area (Å²) in [6.45, 7) is 9.26. The van der Waals surface area contributed by atoms with E-state index in [9.17, 15) is 4.79 Å². The molecule has 29 heavy (non-hydrogen) atoms. The molecule has 1 aromatic carbocycles. The molecule has 0 saturated carbocycles. The van der Waals surface area contributed by atoms with Crippen LogP contribution in [0, 0.1) is 6.92 Å². The first-order valence-electron chi connectivity index (χ1n) is 10.1. The fraction of sp³-hybridized carbons (Fsp3) is 0.318. The Morgan fingerprint density at radius 3 is 2.66 bits per heavy atom. The van der Waals surface area contributed by atoms with Crippen molar-refractivity contribution >= 4 is 22.4 Å². The summed E-state index contributed by atoms with van der Waals surface area (Å²) in [4.78, 5) is 30.0. The van der Waals surface area contributed by atoms with Crippen LogP contribution in [0.1, 0.15) is 12.7 Å². The molecule has 1 aliphatic heterocycles. The Morgan fingerprint density at radius 1 is 1.03 bits per heavy atom. The van der Waals surface area contributed by atoms with Gasteiger partial charge in [-0.2, -0.15) is 0 Å². The van der Waals surface area contributed by atoms with Gasteiger partial charge in [-0.15, -0.1) is 0 Å². The molecule has 0 amide bonds. The monoisotopic (exact) mass is 388 g/mol. The highest BCUT2D eigenvalue weighted by Crippen LogP contribution is 2.22. The number of nitrogens with one attached hydrogen (secondary N) is 1. The molecule has 0 atom stereocenters. The molecule has 1 N–H and O–H groups in total. The molecule has 1 saturated heterocycles. The summed E-state index contributed by atoms with van der Waals surface area (Å²) in [6, 6.07) is 11.5. The van der Waals surface area contributed by atoms with Crippen molar-refractivity contribution in [1.29, 1.82) is 0 Å². The van der Waals surface area contributed by atoms with E-state index in [1.165, 1.54) is 0 Å². The molecule has 7 nitrogen and oxygen atoms in total. The van der Waals surface area contributed by atoms with Gasteiger partial charge in [-0.3, -0.25) is 9.20 Å². The highest BCUT2D eigenvalue weighted by Gasteiger charge is 2.16. The van der Waals surface area contributed by atoms with Gasteiger partial charge in [-0.05, 0) is 37.7 Å². The summed E-state index contributed by atoms with van der Waals surface area (Å²) >= 11 is 0. The van der Waals surface area contributed by atoms with Crippen molar-refractivity contribution in [1.82, 2.24) is 24.3 Å². The summed E-state index contributed by atoms with van der Waals surface area (Å²) in [5.74, 6) is 0.871. The minimum Gasteiger partial charge on any atom is -0.368 e. The quantitative estimate of drug-likeness (QED) is 0.584. The molecule has 4 heterocycles. The second-order valence-electron chi connectivity index (χ2n) is 7.57. The SMILES string of the molecule is CCN1CCN(c2ccc3nc(-c4ccc5nc(C)[nH]c5c4)cc(=O)n3c2)CC1. The standard InChI is InChI=1S/C22H24N6O/c1-3-26-8-10-27(11-9-26)17-5-7-21-25-19(13-22(29)28(21)14-17)16-4-6-18-20(12-16)24-15(2)23-18/h4-7,12-14H,3,8-11H2,1-2H3,(H,23,24). The maximum Gasteiger partial charge on any atom is 0.258 e. The van der Waals surface area contributed by atoms with Crippen molar-refractivity contribution in [3.8, 4) is 11.3 Å². The van der Waals surface area contributed by atoms with Gasteiger partial charge in [0.2, 0.25) is 0 Å². The summed E-state index contributed by atoms with van der Waals surface area (Å²) < 4.78 is 1.64. The normalized spacial score (nSPS) is 15.4. The third kappa shape index (κ3) is 3.27. The van der Waals surface area contributed by atoms with Crippen LogP contribution in [-0.4, -0.2) is 57.0 Å². The molecule has 1 aliphatic rings. The van der Waals surface area contributed by atoms with E-state index < -0.39 is 0 Å². The molecular formula is C22H24N6O. The fourth-order valence-electron chi connectivity index (χ4n) is 4.05. The number of fused-ring (bicyclic) bond motifs is 2. The van der Waals surface area contributed by atoms with Crippen molar-refractivity contribution < 1.29 is 0 Å². The summed E-state index contributed by atoms with van der Waals surface area (Å²) in [5.41, 5.74) is 5.10. The van der Waals surface area contributed by atoms with Crippen LogP contribution in [-0.2, 0) is 0 Å². The molecule has 4 aromatic rings. The van der Waals surface area contributed by atoms with Crippen LogP contribution in [0.25, 0.3) is 27.9 Å². The van der Waals surface area contributed by atoms with Gasteiger partial charge in [-0.25, -0.2) is 9.97 Å². The summed E-state index contributed by atoms with van der Waals surface area (Å²) in [7, 11) is 0. The van der Waals surface area contributed by atoms with Crippen molar-refractivity contribution in [3.05, 3.63) is 58.8 Å². The van der Waals surface area contributed by atoms with E-state index in [1.54, 1.807) is 10.5 Å². The topological polar surface area (TPSA) is 69.5 Å². The lowest BCUT2D eigenvalue weighted by Crippen LogP contribution is -2.46. The molecular weight excluding hydrogens is 364 g/mol. The zero-order valence-corrected chi connectivity index (χ0v) is 16.7. The Bertz CT molecular complexity index is 1250. The van der Waals surface area contributed by atoms with Crippen molar-refractivity contribution in [2.24, 2.45) is 0 Å². The Morgan fingerprint density at radius 2 is 1.86 bits per heavy atom. The van der Waals surface area contributed by atoms with E-state index in [0.717, 1.165) is 60.8 Å². The van der Waals surface area contributed by atoms with E-state index in [2.05, 4.69) is 32.8 Å². The number of anilines is 1. The van der Waals surface area contributed by atoms with Gasteiger partial charge in [-0.1, -0.05) is 13.0 Å². The number of piperazine rings is 1. The largest absolute Gasteiger partial charge is 0.368 e. The number of aromatic nitrogens is 4. The third-order valence-electron chi connectivity index (χ3n) is 5.72. The zero-order chi connectivity index (χ0) is 20.0. The maximum absolute atomic E-state index is 12.9. The van der Waals surface area contributed by atoms with Crippen LogP contribution in [0.4, 0.5) is 5.69 Å². The summed E-state index contributed by atoms with van der Waals surface area (Å²) in [5, 5.41) is 0. The average molecular weight is 388 g/mol. The molecule has 0 aliphatic carbocycles.